The molecule has 0 spiro atoms. The van der Waals surface area contributed by atoms with E-state index in [0.29, 0.717) is 19.6 Å². The molecule has 0 bridgehead atoms. The molecule has 0 aliphatic carbocycles. The number of unbranched alkanes of at least 4 members (excludes halogenated alkanes) is 1. The molecule has 7 nitrogen and oxygen atoms in total. The second-order valence-electron chi connectivity index (χ2n) is 6.82. The van der Waals surface area contributed by atoms with Crippen molar-refractivity contribution in [3.63, 3.8) is 0 Å². The Balaban J connectivity index is 1.97. The van der Waals surface area contributed by atoms with Crippen molar-refractivity contribution in [1.82, 2.24) is 9.97 Å². The lowest BCUT2D eigenvalue weighted by molar-refractivity contribution is -0.384. The van der Waals surface area contributed by atoms with E-state index in [4.69, 9.17) is 14.7 Å². The first-order valence-corrected chi connectivity index (χ1v) is 9.51. The fraction of sp³-hybridized carbons (Fsp3) is 0.500. The van der Waals surface area contributed by atoms with Crippen molar-refractivity contribution in [2.24, 2.45) is 0 Å². The quantitative estimate of drug-likeness (QED) is 0.548. The summed E-state index contributed by atoms with van der Waals surface area (Å²) in [4.78, 5) is 22.3. The molecule has 1 aliphatic heterocycles. The second kappa shape index (κ2) is 8.90. The molecule has 1 aliphatic rings. The maximum absolute atomic E-state index is 10.9. The maximum atomic E-state index is 10.9. The minimum Gasteiger partial charge on any atom is -0.378 e. The summed E-state index contributed by atoms with van der Waals surface area (Å²) in [5, 5.41) is 10.9. The number of rotatable bonds is 7. The van der Waals surface area contributed by atoms with Crippen molar-refractivity contribution >= 4 is 11.5 Å². The molecule has 0 unspecified atom stereocenters. The number of nitrogens with zero attached hydrogens (tertiary/aromatic N) is 4. The van der Waals surface area contributed by atoms with Crippen molar-refractivity contribution in [2.75, 3.05) is 31.2 Å². The average molecular weight is 370 g/mol. The largest absolute Gasteiger partial charge is 0.378 e. The summed E-state index contributed by atoms with van der Waals surface area (Å²) >= 11 is 0. The molecule has 3 rings (SSSR count). The molecule has 2 heterocycles. The first-order chi connectivity index (χ1) is 13.1. The number of hydrogen-bond acceptors (Lipinski definition) is 6. The van der Waals surface area contributed by atoms with E-state index in [1.165, 1.54) is 0 Å². The molecule has 2 aromatic rings. The number of non-ortho nitro benzene ring substituents is 1. The van der Waals surface area contributed by atoms with Gasteiger partial charge in [-0.05, 0) is 25.3 Å². The molecule has 0 atom stereocenters. The maximum Gasteiger partial charge on any atom is 0.269 e. The van der Waals surface area contributed by atoms with Gasteiger partial charge in [0.2, 0.25) is 0 Å². The van der Waals surface area contributed by atoms with E-state index in [9.17, 15) is 10.1 Å². The molecule has 0 N–H and O–H groups in total. The smallest absolute Gasteiger partial charge is 0.269 e. The number of ether oxygens (including phenoxy) is 1. The van der Waals surface area contributed by atoms with Crippen LogP contribution in [-0.4, -0.2) is 41.2 Å². The Hall–Kier alpha value is -2.54. The van der Waals surface area contributed by atoms with E-state index in [1.54, 1.807) is 12.1 Å². The number of benzene rings is 1. The molecule has 1 aromatic heterocycles. The highest BCUT2D eigenvalue weighted by Gasteiger charge is 2.21. The Bertz CT molecular complexity index is 787. The van der Waals surface area contributed by atoms with E-state index in [-0.39, 0.29) is 10.6 Å². The number of anilines is 1. The molecular formula is C20H26N4O3. The van der Waals surface area contributed by atoms with Gasteiger partial charge < -0.3 is 9.64 Å². The van der Waals surface area contributed by atoms with Crippen LogP contribution < -0.4 is 4.90 Å². The van der Waals surface area contributed by atoms with Crippen LogP contribution in [0.4, 0.5) is 11.5 Å². The lowest BCUT2D eigenvalue weighted by atomic mass is 10.00. The van der Waals surface area contributed by atoms with Crippen LogP contribution in [0.25, 0.3) is 0 Å². The van der Waals surface area contributed by atoms with Gasteiger partial charge in [0.1, 0.15) is 11.6 Å². The van der Waals surface area contributed by atoms with Crippen molar-refractivity contribution in [3.8, 4) is 0 Å². The molecule has 1 aromatic carbocycles. The predicted octanol–water partition coefficient (Wildman–Crippen LogP) is 3.46. The fourth-order valence-electron chi connectivity index (χ4n) is 3.35. The van der Waals surface area contributed by atoms with Gasteiger partial charge in [0, 0.05) is 42.9 Å². The molecule has 27 heavy (non-hydrogen) atoms. The van der Waals surface area contributed by atoms with Gasteiger partial charge in [-0.1, -0.05) is 25.5 Å². The average Bonchev–Trinajstić information content (AvgIpc) is 2.68. The molecule has 144 valence electrons. The lowest BCUT2D eigenvalue weighted by Gasteiger charge is -2.30. The van der Waals surface area contributed by atoms with Crippen LogP contribution >= 0.6 is 0 Å². The molecule has 1 fully saturated rings. The highest BCUT2D eigenvalue weighted by Crippen LogP contribution is 2.27. The van der Waals surface area contributed by atoms with Crippen LogP contribution in [0.5, 0.6) is 0 Å². The molecule has 1 saturated heterocycles. The van der Waals surface area contributed by atoms with Gasteiger partial charge in [-0.3, -0.25) is 10.1 Å². The molecule has 0 radical (unpaired) electrons. The first kappa shape index (κ1) is 19.2. The number of aromatic nitrogens is 2. The van der Waals surface area contributed by atoms with Gasteiger partial charge in [0.05, 0.1) is 18.1 Å². The monoisotopic (exact) mass is 370 g/mol. The molecule has 0 amide bonds. The van der Waals surface area contributed by atoms with E-state index in [2.05, 4.69) is 11.8 Å². The van der Waals surface area contributed by atoms with Gasteiger partial charge in [-0.15, -0.1) is 0 Å². The Morgan fingerprint density at radius 1 is 1.19 bits per heavy atom. The van der Waals surface area contributed by atoms with Crippen LogP contribution in [0.3, 0.4) is 0 Å². The summed E-state index contributed by atoms with van der Waals surface area (Å²) in [6.07, 6.45) is 3.77. The molecule has 7 heteroatoms. The normalized spacial score (nSPS) is 14.4. The van der Waals surface area contributed by atoms with Crippen molar-refractivity contribution < 1.29 is 9.66 Å². The van der Waals surface area contributed by atoms with Crippen LogP contribution in [-0.2, 0) is 17.6 Å². The number of aryl methyl sites for hydroxylation is 2. The predicted molar refractivity (Wildman–Crippen MR) is 104 cm³/mol. The van der Waals surface area contributed by atoms with Crippen LogP contribution in [0.1, 0.15) is 42.4 Å². The third kappa shape index (κ3) is 4.80. The van der Waals surface area contributed by atoms with E-state index >= 15 is 0 Å². The van der Waals surface area contributed by atoms with Crippen LogP contribution in [0, 0.1) is 17.0 Å². The minimum absolute atomic E-state index is 0.110. The number of nitro benzene ring substituents is 1. The Morgan fingerprint density at radius 2 is 1.89 bits per heavy atom. The third-order valence-electron chi connectivity index (χ3n) is 4.79. The fourth-order valence-corrected chi connectivity index (χ4v) is 3.35. The summed E-state index contributed by atoms with van der Waals surface area (Å²) in [7, 11) is 0. The summed E-state index contributed by atoms with van der Waals surface area (Å²) in [6.45, 7) is 7.14. The van der Waals surface area contributed by atoms with Gasteiger partial charge in [0.25, 0.3) is 5.69 Å². The zero-order valence-corrected chi connectivity index (χ0v) is 16.0. The Kier molecular flexibility index (Phi) is 6.34. The van der Waals surface area contributed by atoms with Gasteiger partial charge in [-0.2, -0.15) is 0 Å². The number of nitro groups is 1. The van der Waals surface area contributed by atoms with E-state index < -0.39 is 0 Å². The molecular weight excluding hydrogens is 344 g/mol. The number of morpholine rings is 1. The topological polar surface area (TPSA) is 81.4 Å². The summed E-state index contributed by atoms with van der Waals surface area (Å²) in [6, 6.07) is 6.77. The second-order valence-corrected chi connectivity index (χ2v) is 6.82. The summed E-state index contributed by atoms with van der Waals surface area (Å²) < 4.78 is 5.49. The highest BCUT2D eigenvalue weighted by molar-refractivity contribution is 5.52. The SMILES string of the molecule is CCCCc1nc(C)nc(N2CCOCC2)c1Cc1ccc([N+](=O)[O-])cc1. The zero-order chi connectivity index (χ0) is 19.2. The summed E-state index contributed by atoms with van der Waals surface area (Å²) in [5.74, 6) is 1.77. The first-order valence-electron chi connectivity index (χ1n) is 9.51. The Labute approximate surface area is 159 Å². The van der Waals surface area contributed by atoms with Crippen molar-refractivity contribution in [2.45, 2.75) is 39.5 Å². The third-order valence-corrected chi connectivity index (χ3v) is 4.79. The standard InChI is InChI=1S/C20H26N4O3/c1-3-4-5-19-18(14-16-6-8-17(9-7-16)24(25)26)20(22-15(2)21-19)23-10-12-27-13-11-23/h6-9H,3-5,10-14H2,1-2H3. The van der Waals surface area contributed by atoms with Gasteiger partial charge in [0.15, 0.2) is 0 Å². The summed E-state index contributed by atoms with van der Waals surface area (Å²) in [5.41, 5.74) is 3.35. The zero-order valence-electron chi connectivity index (χ0n) is 16.0. The Morgan fingerprint density at radius 3 is 2.52 bits per heavy atom. The van der Waals surface area contributed by atoms with Crippen LogP contribution in [0.15, 0.2) is 24.3 Å². The van der Waals surface area contributed by atoms with Crippen molar-refractivity contribution in [3.05, 3.63) is 57.0 Å². The van der Waals surface area contributed by atoms with E-state index in [0.717, 1.165) is 60.8 Å². The van der Waals surface area contributed by atoms with Gasteiger partial charge >= 0.3 is 0 Å². The van der Waals surface area contributed by atoms with Crippen LogP contribution in [0.2, 0.25) is 0 Å². The highest BCUT2D eigenvalue weighted by atomic mass is 16.6. The number of hydrogen-bond donors (Lipinski definition) is 0. The lowest BCUT2D eigenvalue weighted by Crippen LogP contribution is -2.38. The minimum atomic E-state index is -0.370. The molecule has 0 saturated carbocycles. The van der Waals surface area contributed by atoms with Crippen molar-refractivity contribution in [1.29, 1.82) is 0 Å². The van der Waals surface area contributed by atoms with Gasteiger partial charge in [-0.25, -0.2) is 9.97 Å². The van der Waals surface area contributed by atoms with E-state index in [1.807, 2.05) is 19.1 Å².